The number of pyridine rings is 1. The molecule has 5 rings (SSSR count). The van der Waals surface area contributed by atoms with Gasteiger partial charge in [-0.1, -0.05) is 12.1 Å². The molecule has 1 amide bonds. The van der Waals surface area contributed by atoms with Crippen LogP contribution in [-0.4, -0.2) is 76.3 Å². The maximum atomic E-state index is 13.5. The molecule has 0 bridgehead atoms. The zero-order valence-electron chi connectivity index (χ0n) is 18.7. The van der Waals surface area contributed by atoms with E-state index >= 15 is 0 Å². The third kappa shape index (κ3) is 5.06. The molecule has 3 aromatic rings. The molecule has 1 atom stereocenters. The van der Waals surface area contributed by atoms with Crippen LogP contribution in [0.5, 0.6) is 0 Å². The number of amides is 1. The zero-order valence-corrected chi connectivity index (χ0v) is 18.7. The first-order valence-electron chi connectivity index (χ1n) is 11.6. The van der Waals surface area contributed by atoms with Gasteiger partial charge >= 0.3 is 0 Å². The summed E-state index contributed by atoms with van der Waals surface area (Å²) in [5, 5.41) is 4.41. The molecule has 2 saturated heterocycles. The van der Waals surface area contributed by atoms with Gasteiger partial charge < -0.3 is 9.80 Å². The number of anilines is 1. The van der Waals surface area contributed by atoms with E-state index < -0.39 is 0 Å². The maximum Gasteiger partial charge on any atom is 0.274 e. The first kappa shape index (κ1) is 21.6. The van der Waals surface area contributed by atoms with E-state index in [1.807, 2.05) is 23.2 Å². The summed E-state index contributed by atoms with van der Waals surface area (Å²) < 4.78 is 15.1. The monoisotopic (exact) mass is 448 g/mol. The van der Waals surface area contributed by atoms with E-state index in [1.54, 1.807) is 29.1 Å². The number of hydrogen-bond donors (Lipinski definition) is 0. The lowest BCUT2D eigenvalue weighted by molar-refractivity contribution is 0.0631. The Morgan fingerprint density at radius 3 is 2.70 bits per heavy atom. The number of piperidine rings is 1. The molecule has 0 N–H and O–H groups in total. The second-order valence-electron chi connectivity index (χ2n) is 8.86. The predicted octanol–water partition coefficient (Wildman–Crippen LogP) is 3.08. The van der Waals surface area contributed by atoms with Crippen molar-refractivity contribution in [3.05, 3.63) is 72.4 Å². The van der Waals surface area contributed by atoms with Crippen molar-refractivity contribution in [3.8, 4) is 5.69 Å². The number of benzene rings is 1. The van der Waals surface area contributed by atoms with Gasteiger partial charge in [0, 0.05) is 58.2 Å². The highest BCUT2D eigenvalue weighted by atomic mass is 19.1. The lowest BCUT2D eigenvalue weighted by atomic mass is 9.97. The van der Waals surface area contributed by atoms with E-state index in [1.165, 1.54) is 12.1 Å². The molecule has 172 valence electrons. The van der Waals surface area contributed by atoms with Gasteiger partial charge in [-0.3, -0.25) is 9.69 Å². The van der Waals surface area contributed by atoms with Gasteiger partial charge in [-0.2, -0.15) is 5.10 Å². The third-order valence-electron chi connectivity index (χ3n) is 6.55. The molecule has 33 heavy (non-hydrogen) atoms. The molecule has 4 heterocycles. The number of carbonyl (C=O) groups excluding carboxylic acids is 1. The molecule has 0 radical (unpaired) electrons. The molecule has 8 heteroatoms. The fraction of sp³-hybridized carbons (Fsp3) is 0.400. The van der Waals surface area contributed by atoms with Gasteiger partial charge in [0.2, 0.25) is 0 Å². The zero-order chi connectivity index (χ0) is 22.6. The standard InChI is InChI=1S/C25H29FN6O/c26-21-6-3-7-22(17-21)32-12-9-23(28-32)25(33)31-11-4-5-20(19-31)18-29-13-15-30(16-14-29)24-8-1-2-10-27-24/h1-3,6-10,12,17,20H,4-5,11,13-16,18-19H2. The Kier molecular flexibility index (Phi) is 6.35. The predicted molar refractivity (Wildman–Crippen MR) is 125 cm³/mol. The number of rotatable bonds is 5. The van der Waals surface area contributed by atoms with Gasteiger partial charge in [0.05, 0.1) is 5.69 Å². The van der Waals surface area contributed by atoms with Crippen molar-refractivity contribution in [2.75, 3.05) is 50.7 Å². The average molecular weight is 449 g/mol. The summed E-state index contributed by atoms with van der Waals surface area (Å²) in [4.78, 5) is 24.3. The van der Waals surface area contributed by atoms with Gasteiger partial charge in [-0.05, 0) is 55.2 Å². The van der Waals surface area contributed by atoms with Gasteiger partial charge in [0.1, 0.15) is 11.6 Å². The number of aromatic nitrogens is 3. The summed E-state index contributed by atoms with van der Waals surface area (Å²) in [6.07, 6.45) is 5.71. The summed E-state index contributed by atoms with van der Waals surface area (Å²) >= 11 is 0. The molecule has 2 fully saturated rings. The number of hydrogen-bond acceptors (Lipinski definition) is 5. The molecule has 2 aliphatic rings. The molecule has 0 saturated carbocycles. The first-order chi connectivity index (χ1) is 16.2. The third-order valence-corrected chi connectivity index (χ3v) is 6.55. The lowest BCUT2D eigenvalue weighted by Crippen LogP contribution is -2.50. The minimum atomic E-state index is -0.324. The van der Waals surface area contributed by atoms with Crippen LogP contribution in [0.15, 0.2) is 60.9 Å². The van der Waals surface area contributed by atoms with Crippen molar-refractivity contribution in [3.63, 3.8) is 0 Å². The van der Waals surface area contributed by atoms with Crippen molar-refractivity contribution >= 4 is 11.7 Å². The quantitative estimate of drug-likeness (QED) is 0.601. The van der Waals surface area contributed by atoms with E-state index in [9.17, 15) is 9.18 Å². The molecule has 1 unspecified atom stereocenters. The second kappa shape index (κ2) is 9.70. The Hall–Kier alpha value is -3.26. The fourth-order valence-corrected chi connectivity index (χ4v) is 4.83. The largest absolute Gasteiger partial charge is 0.354 e. The normalized spacial score (nSPS) is 19.6. The van der Waals surface area contributed by atoms with Crippen LogP contribution in [0.25, 0.3) is 5.69 Å². The molecular weight excluding hydrogens is 419 g/mol. The molecule has 7 nitrogen and oxygen atoms in total. The van der Waals surface area contributed by atoms with E-state index in [0.717, 1.165) is 64.5 Å². The molecular formula is C25H29FN6O. The highest BCUT2D eigenvalue weighted by Gasteiger charge is 2.28. The Morgan fingerprint density at radius 2 is 1.91 bits per heavy atom. The topological polar surface area (TPSA) is 57.5 Å². The smallest absolute Gasteiger partial charge is 0.274 e. The molecule has 1 aromatic carbocycles. The highest BCUT2D eigenvalue weighted by Crippen LogP contribution is 2.21. The van der Waals surface area contributed by atoms with Gasteiger partial charge in [-0.15, -0.1) is 0 Å². The highest BCUT2D eigenvalue weighted by molar-refractivity contribution is 5.92. The van der Waals surface area contributed by atoms with E-state index in [4.69, 9.17) is 0 Å². The summed E-state index contributed by atoms with van der Waals surface area (Å²) in [5.41, 5.74) is 1.01. The van der Waals surface area contributed by atoms with Crippen LogP contribution in [0.2, 0.25) is 0 Å². The lowest BCUT2D eigenvalue weighted by Gasteiger charge is -2.39. The number of halogens is 1. The van der Waals surface area contributed by atoms with Crippen molar-refractivity contribution in [1.82, 2.24) is 24.6 Å². The van der Waals surface area contributed by atoms with Crippen molar-refractivity contribution in [2.45, 2.75) is 12.8 Å². The van der Waals surface area contributed by atoms with E-state index in [2.05, 4.69) is 25.9 Å². The van der Waals surface area contributed by atoms with Crippen molar-refractivity contribution < 1.29 is 9.18 Å². The Balaban J connectivity index is 1.15. The first-order valence-corrected chi connectivity index (χ1v) is 11.6. The summed E-state index contributed by atoms with van der Waals surface area (Å²) in [6, 6.07) is 14.0. The summed E-state index contributed by atoms with van der Waals surface area (Å²) in [7, 11) is 0. The minimum absolute atomic E-state index is 0.0465. The van der Waals surface area contributed by atoms with Crippen LogP contribution in [0, 0.1) is 11.7 Å². The van der Waals surface area contributed by atoms with Crippen molar-refractivity contribution in [2.24, 2.45) is 5.92 Å². The van der Waals surface area contributed by atoms with Crippen molar-refractivity contribution in [1.29, 1.82) is 0 Å². The molecule has 2 aromatic heterocycles. The summed E-state index contributed by atoms with van der Waals surface area (Å²) in [5.74, 6) is 1.14. The SMILES string of the molecule is O=C(c1ccn(-c2cccc(F)c2)n1)N1CCCC(CN2CCN(c3ccccn3)CC2)C1. The number of nitrogens with zero attached hydrogens (tertiary/aromatic N) is 6. The Bertz CT molecular complexity index is 1080. The molecule has 2 aliphatic heterocycles. The van der Waals surface area contributed by atoms with Crippen LogP contribution in [-0.2, 0) is 0 Å². The Morgan fingerprint density at radius 1 is 1.03 bits per heavy atom. The molecule has 0 spiro atoms. The maximum absolute atomic E-state index is 13.5. The average Bonchev–Trinajstić information content (AvgIpc) is 3.35. The molecule has 0 aliphatic carbocycles. The number of piperazine rings is 1. The number of likely N-dealkylation sites (tertiary alicyclic amines) is 1. The summed E-state index contributed by atoms with van der Waals surface area (Å²) in [6.45, 7) is 6.51. The van der Waals surface area contributed by atoms with E-state index in [-0.39, 0.29) is 11.7 Å². The van der Waals surface area contributed by atoms with Crippen LogP contribution in [0.4, 0.5) is 10.2 Å². The Labute approximate surface area is 193 Å². The van der Waals surface area contributed by atoms with Crippen LogP contribution in [0.3, 0.4) is 0 Å². The van der Waals surface area contributed by atoms with Crippen LogP contribution < -0.4 is 4.90 Å². The second-order valence-corrected chi connectivity index (χ2v) is 8.86. The minimum Gasteiger partial charge on any atom is -0.354 e. The number of carbonyl (C=O) groups is 1. The van der Waals surface area contributed by atoms with Crippen LogP contribution >= 0.6 is 0 Å². The van der Waals surface area contributed by atoms with Gasteiger partial charge in [0.25, 0.3) is 5.91 Å². The van der Waals surface area contributed by atoms with Gasteiger partial charge in [0.15, 0.2) is 5.69 Å². The van der Waals surface area contributed by atoms with E-state index in [0.29, 0.717) is 17.3 Å². The van der Waals surface area contributed by atoms with Crippen LogP contribution in [0.1, 0.15) is 23.3 Å². The van der Waals surface area contributed by atoms with Gasteiger partial charge in [-0.25, -0.2) is 14.1 Å². The fourth-order valence-electron chi connectivity index (χ4n) is 4.83.